The van der Waals surface area contributed by atoms with Crippen molar-refractivity contribution in [1.82, 2.24) is 0 Å². The number of rotatable bonds is 18. The average Bonchev–Trinajstić information content (AvgIpc) is 2.79. The summed E-state index contributed by atoms with van der Waals surface area (Å²) in [6.07, 6.45) is 19.9. The quantitative estimate of drug-likeness (QED) is 0.136. The number of ether oxygens (including phenoxy) is 2. The molecule has 0 aliphatic rings. The summed E-state index contributed by atoms with van der Waals surface area (Å²) in [5, 5.41) is 2.66. The van der Waals surface area contributed by atoms with E-state index in [0.29, 0.717) is 11.3 Å². The smallest absolute Gasteiger partial charge is 0.411 e. The topological polar surface area (TPSA) is 64.6 Å². The molecule has 1 atom stereocenters. The van der Waals surface area contributed by atoms with E-state index in [-0.39, 0.29) is 12.7 Å². The fraction of sp³-hybridized carbons (Fsp3) is 0.643. The fourth-order valence-electron chi connectivity index (χ4n) is 3.69. The van der Waals surface area contributed by atoms with Crippen LogP contribution in [0.2, 0.25) is 0 Å². The second-order valence-electron chi connectivity index (χ2n) is 8.63. The molecule has 0 saturated carbocycles. The molecule has 1 amide bonds. The van der Waals surface area contributed by atoms with E-state index in [1.807, 2.05) is 6.92 Å². The lowest BCUT2D eigenvalue weighted by atomic mass is 10.1. The van der Waals surface area contributed by atoms with E-state index in [9.17, 15) is 9.59 Å². The molecule has 0 aromatic heterocycles. The molecule has 1 N–H and O–H groups in total. The summed E-state index contributed by atoms with van der Waals surface area (Å²) in [6.45, 7) is 6.19. The summed E-state index contributed by atoms with van der Waals surface area (Å²) in [5.41, 5.74) is 0.728. The first-order valence-electron chi connectivity index (χ1n) is 13.0. The van der Waals surface area contributed by atoms with Crippen molar-refractivity contribution in [1.29, 1.82) is 0 Å². The van der Waals surface area contributed by atoms with Gasteiger partial charge in [0.05, 0.1) is 17.9 Å². The van der Waals surface area contributed by atoms with E-state index in [0.717, 1.165) is 19.3 Å². The molecule has 186 valence electrons. The lowest BCUT2D eigenvalue weighted by Gasteiger charge is -2.15. The van der Waals surface area contributed by atoms with Crippen LogP contribution in [0.3, 0.4) is 0 Å². The molecular weight excluding hydrogens is 414 g/mol. The monoisotopic (exact) mass is 459 g/mol. The molecule has 1 aromatic rings. The maximum atomic E-state index is 12.2. The minimum Gasteiger partial charge on any atom is -0.462 e. The third kappa shape index (κ3) is 14.5. The molecular formula is C28H45NO4. The van der Waals surface area contributed by atoms with Crippen LogP contribution in [0.5, 0.6) is 0 Å². The van der Waals surface area contributed by atoms with Crippen molar-refractivity contribution < 1.29 is 19.1 Å². The SMILES string of the molecule is CCCCCC/C=C/CCCCCCCCC(C)OC(=O)Nc1ccccc1C(=O)OCC. The zero-order chi connectivity index (χ0) is 24.2. The highest BCUT2D eigenvalue weighted by Crippen LogP contribution is 2.17. The predicted molar refractivity (Wildman–Crippen MR) is 137 cm³/mol. The van der Waals surface area contributed by atoms with Gasteiger partial charge in [-0.25, -0.2) is 9.59 Å². The van der Waals surface area contributed by atoms with Gasteiger partial charge >= 0.3 is 12.1 Å². The Morgan fingerprint density at radius 1 is 0.879 bits per heavy atom. The van der Waals surface area contributed by atoms with Gasteiger partial charge < -0.3 is 9.47 Å². The van der Waals surface area contributed by atoms with E-state index < -0.39 is 12.1 Å². The van der Waals surface area contributed by atoms with Crippen molar-refractivity contribution in [2.45, 2.75) is 110 Å². The number of anilines is 1. The summed E-state index contributed by atoms with van der Waals surface area (Å²) in [6, 6.07) is 6.79. The zero-order valence-corrected chi connectivity index (χ0v) is 21.1. The Morgan fingerprint density at radius 3 is 2.15 bits per heavy atom. The molecule has 0 heterocycles. The first-order valence-corrected chi connectivity index (χ1v) is 13.0. The first-order chi connectivity index (χ1) is 16.1. The molecule has 33 heavy (non-hydrogen) atoms. The third-order valence-electron chi connectivity index (χ3n) is 5.59. The Bertz CT molecular complexity index is 686. The van der Waals surface area contributed by atoms with Crippen LogP contribution in [0.25, 0.3) is 0 Å². The number of benzene rings is 1. The van der Waals surface area contributed by atoms with Gasteiger partial charge in [0.15, 0.2) is 0 Å². The van der Waals surface area contributed by atoms with E-state index in [1.54, 1.807) is 31.2 Å². The van der Waals surface area contributed by atoms with Crippen LogP contribution in [0.1, 0.15) is 115 Å². The summed E-state index contributed by atoms with van der Waals surface area (Å²) in [5.74, 6) is -0.458. The molecule has 0 aliphatic heterocycles. The van der Waals surface area contributed by atoms with Crippen LogP contribution in [-0.2, 0) is 9.47 Å². The number of carbonyl (C=O) groups is 2. The van der Waals surface area contributed by atoms with Crippen LogP contribution < -0.4 is 5.32 Å². The Balaban J connectivity index is 2.09. The largest absolute Gasteiger partial charge is 0.462 e. The van der Waals surface area contributed by atoms with Gasteiger partial charge in [0.1, 0.15) is 6.10 Å². The molecule has 0 radical (unpaired) electrons. The predicted octanol–water partition coefficient (Wildman–Crippen LogP) is 8.45. The number of esters is 1. The number of amides is 1. The molecule has 0 spiro atoms. The number of hydrogen-bond acceptors (Lipinski definition) is 4. The first kappa shape index (κ1) is 28.7. The molecule has 1 unspecified atom stereocenters. The molecule has 0 bridgehead atoms. The van der Waals surface area contributed by atoms with Gasteiger partial charge in [0.25, 0.3) is 0 Å². The van der Waals surface area contributed by atoms with Gasteiger partial charge in [0, 0.05) is 0 Å². The van der Waals surface area contributed by atoms with E-state index in [4.69, 9.17) is 9.47 Å². The maximum Gasteiger partial charge on any atom is 0.411 e. The second-order valence-corrected chi connectivity index (χ2v) is 8.63. The number of unbranched alkanes of at least 4 members (excludes halogenated alkanes) is 10. The van der Waals surface area contributed by atoms with Gasteiger partial charge in [-0.2, -0.15) is 0 Å². The molecule has 0 fully saturated rings. The van der Waals surface area contributed by atoms with Gasteiger partial charge in [-0.15, -0.1) is 0 Å². The van der Waals surface area contributed by atoms with Crippen molar-refractivity contribution in [2.24, 2.45) is 0 Å². The van der Waals surface area contributed by atoms with Gasteiger partial charge in [0.2, 0.25) is 0 Å². The minimum absolute atomic E-state index is 0.165. The van der Waals surface area contributed by atoms with Crippen molar-refractivity contribution >= 4 is 17.7 Å². The number of nitrogens with one attached hydrogen (secondary N) is 1. The highest BCUT2D eigenvalue weighted by atomic mass is 16.6. The van der Waals surface area contributed by atoms with E-state index in [1.165, 1.54) is 64.2 Å². The Kier molecular flexibility index (Phi) is 16.7. The van der Waals surface area contributed by atoms with Crippen molar-refractivity contribution in [3.05, 3.63) is 42.0 Å². The van der Waals surface area contributed by atoms with Gasteiger partial charge in [-0.1, -0.05) is 76.2 Å². The maximum absolute atomic E-state index is 12.2. The average molecular weight is 460 g/mol. The standard InChI is InChI=1S/C28H45NO4/c1-4-6-7-8-9-10-11-12-13-14-15-16-17-18-21-24(3)33-28(31)29-26-23-20-19-22-25(26)27(30)32-5-2/h10-11,19-20,22-24H,4-9,12-18,21H2,1-3H3,(H,29,31)/b11-10+. The van der Waals surface area contributed by atoms with Gasteiger partial charge in [-0.3, -0.25) is 5.32 Å². The summed E-state index contributed by atoms with van der Waals surface area (Å²) < 4.78 is 10.5. The Labute approximate surface area is 201 Å². The normalized spacial score (nSPS) is 12.0. The summed E-state index contributed by atoms with van der Waals surface area (Å²) in [7, 11) is 0. The third-order valence-corrected chi connectivity index (χ3v) is 5.59. The number of allylic oxidation sites excluding steroid dienone is 2. The van der Waals surface area contributed by atoms with E-state index in [2.05, 4.69) is 24.4 Å². The van der Waals surface area contributed by atoms with Crippen molar-refractivity contribution in [3.8, 4) is 0 Å². The van der Waals surface area contributed by atoms with Crippen LogP contribution in [0, 0.1) is 0 Å². The molecule has 5 nitrogen and oxygen atoms in total. The second kappa shape index (κ2) is 19.2. The van der Waals surface area contributed by atoms with Crippen LogP contribution in [0.4, 0.5) is 10.5 Å². The molecule has 1 aromatic carbocycles. The summed E-state index contributed by atoms with van der Waals surface area (Å²) >= 11 is 0. The van der Waals surface area contributed by atoms with Crippen LogP contribution in [0.15, 0.2) is 36.4 Å². The molecule has 5 heteroatoms. The van der Waals surface area contributed by atoms with Crippen LogP contribution >= 0.6 is 0 Å². The number of para-hydroxylation sites is 1. The molecule has 0 saturated heterocycles. The fourth-order valence-corrected chi connectivity index (χ4v) is 3.69. The highest BCUT2D eigenvalue weighted by molar-refractivity contribution is 5.99. The number of hydrogen-bond donors (Lipinski definition) is 1. The zero-order valence-electron chi connectivity index (χ0n) is 21.1. The van der Waals surface area contributed by atoms with Gasteiger partial charge in [-0.05, 0) is 64.5 Å². The lowest BCUT2D eigenvalue weighted by Crippen LogP contribution is -2.21. The highest BCUT2D eigenvalue weighted by Gasteiger charge is 2.15. The van der Waals surface area contributed by atoms with Crippen LogP contribution in [-0.4, -0.2) is 24.8 Å². The Morgan fingerprint density at radius 2 is 1.48 bits per heavy atom. The summed E-state index contributed by atoms with van der Waals surface area (Å²) in [4.78, 5) is 24.2. The van der Waals surface area contributed by atoms with Crippen molar-refractivity contribution in [2.75, 3.05) is 11.9 Å². The minimum atomic E-state index is -0.544. The molecule has 0 aliphatic carbocycles. The lowest BCUT2D eigenvalue weighted by molar-refractivity contribution is 0.0527. The van der Waals surface area contributed by atoms with E-state index >= 15 is 0 Å². The van der Waals surface area contributed by atoms with Crippen molar-refractivity contribution in [3.63, 3.8) is 0 Å². The Hall–Kier alpha value is -2.30. The number of carbonyl (C=O) groups excluding carboxylic acids is 2. The molecule has 1 rings (SSSR count).